The molecule has 38 heavy (non-hydrogen) atoms. The lowest BCUT2D eigenvalue weighted by Gasteiger charge is -2.36. The number of carbonyl (C=O) groups excluding carboxylic acids is 2. The summed E-state index contributed by atoms with van der Waals surface area (Å²) < 4.78 is 13.4. The summed E-state index contributed by atoms with van der Waals surface area (Å²) in [5.41, 5.74) is 1.34. The summed E-state index contributed by atoms with van der Waals surface area (Å²) in [6.45, 7) is 7.08. The van der Waals surface area contributed by atoms with E-state index < -0.39 is 0 Å². The lowest BCUT2D eigenvalue weighted by Crippen LogP contribution is -2.51. The van der Waals surface area contributed by atoms with Gasteiger partial charge in [0.15, 0.2) is 0 Å². The summed E-state index contributed by atoms with van der Waals surface area (Å²) in [5.74, 6) is -0.390. The molecule has 6 nitrogen and oxygen atoms in total. The van der Waals surface area contributed by atoms with E-state index in [1.807, 2.05) is 0 Å². The van der Waals surface area contributed by atoms with Crippen molar-refractivity contribution >= 4 is 35.1 Å². The number of hydrogen-bond donors (Lipinski definition) is 1. The zero-order valence-corrected chi connectivity index (χ0v) is 23.7. The Morgan fingerprint density at radius 1 is 0.947 bits per heavy atom. The number of rotatable bonds is 13. The zero-order valence-electron chi connectivity index (χ0n) is 22.2. The van der Waals surface area contributed by atoms with Gasteiger partial charge in [0, 0.05) is 57.4 Å². The van der Waals surface area contributed by atoms with Gasteiger partial charge < -0.3 is 15.1 Å². The Bertz CT molecular complexity index is 1030. The zero-order chi connectivity index (χ0) is 27.3. The Morgan fingerprint density at radius 3 is 2.32 bits per heavy atom. The quantitative estimate of drug-likeness (QED) is 0.284. The standard InChI is InChI=1S/C29H39Cl2FN4O2/c1-2-3-4-5-6-7-14-33-29(38)36(22-23-8-11-25(32)12-9-23)20-17-34-15-18-35(19-16-34)28(37)26-13-10-24(30)21-27(26)31/h8-13,21H,2-7,14-20,22H2,1H3,(H,33,38). The number of nitrogens with zero attached hydrogens (tertiary/aromatic N) is 3. The van der Waals surface area contributed by atoms with E-state index in [0.29, 0.717) is 68.0 Å². The predicted molar refractivity (Wildman–Crippen MR) is 152 cm³/mol. The molecule has 1 saturated heterocycles. The molecular formula is C29H39Cl2FN4O2. The van der Waals surface area contributed by atoms with Gasteiger partial charge in [-0.1, -0.05) is 74.4 Å². The highest BCUT2D eigenvalue weighted by Crippen LogP contribution is 2.23. The maximum atomic E-state index is 13.4. The van der Waals surface area contributed by atoms with Crippen molar-refractivity contribution in [3.05, 3.63) is 69.5 Å². The van der Waals surface area contributed by atoms with Crippen LogP contribution in [0.15, 0.2) is 42.5 Å². The topological polar surface area (TPSA) is 55.9 Å². The van der Waals surface area contributed by atoms with Crippen LogP contribution in [-0.4, -0.2) is 72.5 Å². The second-order valence-corrected chi connectivity index (χ2v) is 10.6. The van der Waals surface area contributed by atoms with Gasteiger partial charge in [0.25, 0.3) is 5.91 Å². The minimum atomic E-state index is -0.292. The van der Waals surface area contributed by atoms with Crippen LogP contribution in [-0.2, 0) is 6.54 Å². The fourth-order valence-corrected chi connectivity index (χ4v) is 5.03. The van der Waals surface area contributed by atoms with E-state index in [4.69, 9.17) is 23.2 Å². The monoisotopic (exact) mass is 564 g/mol. The molecule has 208 valence electrons. The highest BCUT2D eigenvalue weighted by Gasteiger charge is 2.24. The van der Waals surface area contributed by atoms with Crippen LogP contribution >= 0.6 is 23.2 Å². The largest absolute Gasteiger partial charge is 0.338 e. The van der Waals surface area contributed by atoms with Crippen molar-refractivity contribution in [1.82, 2.24) is 20.0 Å². The van der Waals surface area contributed by atoms with Gasteiger partial charge in [-0.3, -0.25) is 9.69 Å². The number of piperazine rings is 1. The third kappa shape index (κ3) is 9.75. The van der Waals surface area contributed by atoms with Gasteiger partial charge in [0.05, 0.1) is 10.6 Å². The molecule has 3 amide bonds. The van der Waals surface area contributed by atoms with Crippen molar-refractivity contribution in [3.8, 4) is 0 Å². The summed E-state index contributed by atoms with van der Waals surface area (Å²) in [4.78, 5) is 31.8. The molecule has 1 aliphatic heterocycles. The first-order chi connectivity index (χ1) is 18.4. The van der Waals surface area contributed by atoms with E-state index in [2.05, 4.69) is 17.1 Å². The Morgan fingerprint density at radius 2 is 1.63 bits per heavy atom. The Hall–Kier alpha value is -2.35. The van der Waals surface area contributed by atoms with Crippen LogP contribution in [0.25, 0.3) is 0 Å². The lowest BCUT2D eigenvalue weighted by atomic mass is 10.1. The predicted octanol–water partition coefficient (Wildman–Crippen LogP) is 6.46. The normalized spacial score (nSPS) is 13.9. The number of nitrogens with one attached hydrogen (secondary N) is 1. The van der Waals surface area contributed by atoms with Crippen LogP contribution in [0.1, 0.15) is 61.4 Å². The lowest BCUT2D eigenvalue weighted by molar-refractivity contribution is 0.0627. The number of hydrogen-bond acceptors (Lipinski definition) is 3. The van der Waals surface area contributed by atoms with E-state index in [0.717, 1.165) is 18.4 Å². The summed E-state index contributed by atoms with van der Waals surface area (Å²) >= 11 is 12.2. The van der Waals surface area contributed by atoms with Crippen molar-refractivity contribution < 1.29 is 14.0 Å². The molecule has 1 fully saturated rings. The Kier molecular flexibility index (Phi) is 12.6. The van der Waals surface area contributed by atoms with Crippen LogP contribution in [0.3, 0.4) is 0 Å². The van der Waals surface area contributed by atoms with Crippen LogP contribution in [0.2, 0.25) is 10.0 Å². The number of unbranched alkanes of at least 4 members (excludes halogenated alkanes) is 5. The molecule has 0 radical (unpaired) electrons. The van der Waals surface area contributed by atoms with E-state index >= 15 is 0 Å². The Balaban J connectivity index is 1.49. The molecule has 0 unspecified atom stereocenters. The molecule has 0 aromatic heterocycles. The number of benzene rings is 2. The second-order valence-electron chi connectivity index (χ2n) is 9.81. The fraction of sp³-hybridized carbons (Fsp3) is 0.517. The van der Waals surface area contributed by atoms with Gasteiger partial charge in [-0.05, 0) is 42.3 Å². The highest BCUT2D eigenvalue weighted by atomic mass is 35.5. The van der Waals surface area contributed by atoms with Crippen molar-refractivity contribution in [1.29, 1.82) is 0 Å². The van der Waals surface area contributed by atoms with E-state index in [9.17, 15) is 14.0 Å². The van der Waals surface area contributed by atoms with E-state index in [1.165, 1.54) is 37.8 Å². The molecule has 1 heterocycles. The number of halogens is 3. The average molecular weight is 566 g/mol. The second kappa shape index (κ2) is 15.9. The van der Waals surface area contributed by atoms with Crippen LogP contribution in [0.4, 0.5) is 9.18 Å². The van der Waals surface area contributed by atoms with Gasteiger partial charge in [0.1, 0.15) is 5.82 Å². The van der Waals surface area contributed by atoms with Crippen LogP contribution in [0, 0.1) is 5.82 Å². The third-order valence-electron chi connectivity index (χ3n) is 6.89. The first-order valence-electron chi connectivity index (χ1n) is 13.6. The minimum absolute atomic E-state index is 0.0988. The summed E-state index contributed by atoms with van der Waals surface area (Å²) in [6.07, 6.45) is 7.00. The molecule has 0 aliphatic carbocycles. The molecule has 0 spiro atoms. The molecule has 0 bridgehead atoms. The number of amides is 3. The molecule has 1 N–H and O–H groups in total. The van der Waals surface area contributed by atoms with Crippen LogP contribution < -0.4 is 5.32 Å². The number of urea groups is 1. The minimum Gasteiger partial charge on any atom is -0.338 e. The molecular weight excluding hydrogens is 526 g/mol. The first-order valence-corrected chi connectivity index (χ1v) is 14.4. The van der Waals surface area contributed by atoms with Crippen molar-refractivity contribution in [2.24, 2.45) is 0 Å². The summed E-state index contributed by atoms with van der Waals surface area (Å²) in [7, 11) is 0. The van der Waals surface area contributed by atoms with Gasteiger partial charge in [-0.2, -0.15) is 0 Å². The third-order valence-corrected chi connectivity index (χ3v) is 7.44. The van der Waals surface area contributed by atoms with Crippen molar-refractivity contribution in [2.45, 2.75) is 52.0 Å². The smallest absolute Gasteiger partial charge is 0.317 e. The van der Waals surface area contributed by atoms with E-state index in [-0.39, 0.29) is 17.8 Å². The summed E-state index contributed by atoms with van der Waals surface area (Å²) in [6, 6.07) is 11.1. The fourth-order valence-electron chi connectivity index (χ4n) is 4.55. The molecule has 1 aliphatic rings. The molecule has 9 heteroatoms. The van der Waals surface area contributed by atoms with Gasteiger partial charge in [-0.15, -0.1) is 0 Å². The van der Waals surface area contributed by atoms with Crippen molar-refractivity contribution in [3.63, 3.8) is 0 Å². The van der Waals surface area contributed by atoms with Crippen molar-refractivity contribution in [2.75, 3.05) is 45.8 Å². The molecule has 0 saturated carbocycles. The van der Waals surface area contributed by atoms with E-state index in [1.54, 1.807) is 40.1 Å². The number of carbonyl (C=O) groups is 2. The molecule has 0 atom stereocenters. The maximum absolute atomic E-state index is 13.4. The maximum Gasteiger partial charge on any atom is 0.317 e. The Labute approximate surface area is 236 Å². The van der Waals surface area contributed by atoms with Gasteiger partial charge >= 0.3 is 6.03 Å². The van der Waals surface area contributed by atoms with Gasteiger partial charge in [0.2, 0.25) is 0 Å². The first kappa shape index (κ1) is 30.2. The highest BCUT2D eigenvalue weighted by molar-refractivity contribution is 6.36. The SMILES string of the molecule is CCCCCCCCNC(=O)N(CCN1CCN(C(=O)c2ccc(Cl)cc2Cl)CC1)Cc1ccc(F)cc1. The average Bonchev–Trinajstić information content (AvgIpc) is 2.91. The molecule has 3 rings (SSSR count). The summed E-state index contributed by atoms with van der Waals surface area (Å²) in [5, 5.41) is 3.91. The van der Waals surface area contributed by atoms with Gasteiger partial charge in [-0.25, -0.2) is 9.18 Å². The van der Waals surface area contributed by atoms with Crippen LogP contribution in [0.5, 0.6) is 0 Å². The molecule has 2 aromatic rings. The molecule has 2 aromatic carbocycles.